The largest absolute Gasteiger partial charge is 0.391 e. The second kappa shape index (κ2) is 6.80. The van der Waals surface area contributed by atoms with Gasteiger partial charge in [-0.05, 0) is 12.8 Å². The first-order chi connectivity index (χ1) is 6.90. The van der Waals surface area contributed by atoms with Crippen molar-refractivity contribution >= 4 is 5.91 Å². The van der Waals surface area contributed by atoms with Crippen LogP contribution in [0.3, 0.4) is 0 Å². The Bertz CT molecular complexity index is 195. The van der Waals surface area contributed by atoms with Crippen molar-refractivity contribution in [2.75, 3.05) is 6.54 Å². The third-order valence-electron chi connectivity index (χ3n) is 2.99. The predicted molar refractivity (Wildman–Crippen MR) is 61.3 cm³/mol. The molecule has 0 aromatic carbocycles. The van der Waals surface area contributed by atoms with Crippen molar-refractivity contribution in [3.8, 4) is 0 Å². The molecule has 15 heavy (non-hydrogen) atoms. The average Bonchev–Trinajstić information content (AvgIpc) is 2.22. The fourth-order valence-electron chi connectivity index (χ4n) is 1.08. The molecule has 4 nitrogen and oxygen atoms in total. The van der Waals surface area contributed by atoms with E-state index in [-0.39, 0.29) is 23.8 Å². The van der Waals surface area contributed by atoms with E-state index < -0.39 is 6.10 Å². The fourth-order valence-corrected chi connectivity index (χ4v) is 1.08. The molecule has 0 bridgehead atoms. The molecular weight excluding hydrogens is 192 g/mol. The molecule has 0 fully saturated rings. The number of carbonyl (C=O) groups is 1. The standard InChI is InChI=1S/C11H24N2O2/c1-5-7(2)10(14)6-13-11(15)8(3)9(4)12/h7-10,14H,5-6,12H2,1-4H3,(H,13,15). The molecule has 4 N–H and O–H groups in total. The molecule has 4 unspecified atom stereocenters. The number of aliphatic hydroxyl groups excluding tert-OH is 1. The summed E-state index contributed by atoms with van der Waals surface area (Å²) in [5.74, 6) is -0.0996. The number of hydrogen-bond acceptors (Lipinski definition) is 3. The highest BCUT2D eigenvalue weighted by Crippen LogP contribution is 2.06. The van der Waals surface area contributed by atoms with Crippen molar-refractivity contribution in [3.63, 3.8) is 0 Å². The van der Waals surface area contributed by atoms with Crippen LogP contribution in [0.25, 0.3) is 0 Å². The van der Waals surface area contributed by atoms with Crippen molar-refractivity contribution in [2.45, 2.75) is 46.3 Å². The van der Waals surface area contributed by atoms with Crippen LogP contribution >= 0.6 is 0 Å². The Morgan fingerprint density at radius 3 is 2.33 bits per heavy atom. The molecule has 1 amide bonds. The van der Waals surface area contributed by atoms with Crippen LogP contribution in [0.15, 0.2) is 0 Å². The summed E-state index contributed by atoms with van der Waals surface area (Å²) in [7, 11) is 0. The Balaban J connectivity index is 3.90. The molecule has 0 aromatic rings. The Morgan fingerprint density at radius 2 is 1.93 bits per heavy atom. The average molecular weight is 216 g/mol. The lowest BCUT2D eigenvalue weighted by molar-refractivity contribution is -0.125. The van der Waals surface area contributed by atoms with Crippen molar-refractivity contribution in [2.24, 2.45) is 17.6 Å². The van der Waals surface area contributed by atoms with E-state index in [1.54, 1.807) is 13.8 Å². The van der Waals surface area contributed by atoms with Crippen molar-refractivity contribution < 1.29 is 9.90 Å². The van der Waals surface area contributed by atoms with Crippen LogP contribution in [0.1, 0.15) is 34.1 Å². The van der Waals surface area contributed by atoms with Gasteiger partial charge in [-0.15, -0.1) is 0 Å². The van der Waals surface area contributed by atoms with Crippen LogP contribution in [0.4, 0.5) is 0 Å². The van der Waals surface area contributed by atoms with Gasteiger partial charge in [-0.3, -0.25) is 4.79 Å². The van der Waals surface area contributed by atoms with E-state index >= 15 is 0 Å². The van der Waals surface area contributed by atoms with E-state index in [0.29, 0.717) is 6.54 Å². The second-order valence-electron chi connectivity index (χ2n) is 4.35. The number of nitrogens with two attached hydrogens (primary N) is 1. The molecule has 4 atom stereocenters. The summed E-state index contributed by atoms with van der Waals surface area (Å²) < 4.78 is 0. The Morgan fingerprint density at radius 1 is 1.40 bits per heavy atom. The maximum atomic E-state index is 11.5. The maximum Gasteiger partial charge on any atom is 0.224 e. The summed E-state index contributed by atoms with van der Waals surface area (Å²) in [5, 5.41) is 12.4. The topological polar surface area (TPSA) is 75.3 Å². The Hall–Kier alpha value is -0.610. The monoisotopic (exact) mass is 216 g/mol. The van der Waals surface area contributed by atoms with Gasteiger partial charge in [0.05, 0.1) is 6.10 Å². The fraction of sp³-hybridized carbons (Fsp3) is 0.909. The van der Waals surface area contributed by atoms with Crippen LogP contribution in [0.5, 0.6) is 0 Å². The molecular formula is C11H24N2O2. The first-order valence-electron chi connectivity index (χ1n) is 5.61. The number of amides is 1. The minimum absolute atomic E-state index is 0.0904. The lowest BCUT2D eigenvalue weighted by Gasteiger charge is -2.20. The molecule has 0 aromatic heterocycles. The van der Waals surface area contributed by atoms with Crippen LogP contribution < -0.4 is 11.1 Å². The summed E-state index contributed by atoms with van der Waals surface area (Å²) in [6.45, 7) is 7.88. The molecule has 0 saturated carbocycles. The summed E-state index contributed by atoms with van der Waals surface area (Å²) in [5.41, 5.74) is 5.61. The number of carbonyl (C=O) groups excluding carboxylic acids is 1. The zero-order chi connectivity index (χ0) is 12.0. The van der Waals surface area contributed by atoms with Gasteiger partial charge >= 0.3 is 0 Å². The molecule has 4 heteroatoms. The molecule has 0 heterocycles. The highest BCUT2D eigenvalue weighted by atomic mass is 16.3. The zero-order valence-electron chi connectivity index (χ0n) is 10.2. The molecule has 0 saturated heterocycles. The number of aliphatic hydroxyl groups is 1. The van der Waals surface area contributed by atoms with Gasteiger partial charge in [0.1, 0.15) is 0 Å². The van der Waals surface area contributed by atoms with Gasteiger partial charge in [0.25, 0.3) is 0 Å². The molecule has 0 radical (unpaired) electrons. The summed E-state index contributed by atoms with van der Waals surface area (Å²) >= 11 is 0. The minimum Gasteiger partial charge on any atom is -0.391 e. The van der Waals surface area contributed by atoms with Crippen LogP contribution in [-0.2, 0) is 4.79 Å². The highest BCUT2D eigenvalue weighted by Gasteiger charge is 2.19. The normalized spacial score (nSPS) is 19.1. The minimum atomic E-state index is -0.473. The second-order valence-corrected chi connectivity index (χ2v) is 4.35. The van der Waals surface area contributed by atoms with Gasteiger partial charge in [-0.2, -0.15) is 0 Å². The molecule has 0 aliphatic rings. The van der Waals surface area contributed by atoms with Crippen LogP contribution in [0.2, 0.25) is 0 Å². The van der Waals surface area contributed by atoms with Gasteiger partial charge in [0.2, 0.25) is 5.91 Å². The third-order valence-corrected chi connectivity index (χ3v) is 2.99. The SMILES string of the molecule is CCC(C)C(O)CNC(=O)C(C)C(C)N. The van der Waals surface area contributed by atoms with Gasteiger partial charge < -0.3 is 16.2 Å². The summed E-state index contributed by atoms with van der Waals surface area (Å²) in [4.78, 5) is 11.5. The number of hydrogen-bond donors (Lipinski definition) is 3. The van der Waals surface area contributed by atoms with Crippen LogP contribution in [0, 0.1) is 11.8 Å². The van der Waals surface area contributed by atoms with E-state index in [1.165, 1.54) is 0 Å². The van der Waals surface area contributed by atoms with E-state index in [2.05, 4.69) is 5.32 Å². The highest BCUT2D eigenvalue weighted by molar-refractivity contribution is 5.78. The number of rotatable bonds is 6. The van der Waals surface area contributed by atoms with Gasteiger partial charge in [0, 0.05) is 18.5 Å². The predicted octanol–water partition coefficient (Wildman–Crippen LogP) is 0.493. The molecule has 0 aliphatic heterocycles. The first kappa shape index (κ1) is 14.4. The summed E-state index contributed by atoms with van der Waals surface area (Å²) in [6, 6.07) is -0.161. The van der Waals surface area contributed by atoms with E-state index in [9.17, 15) is 9.90 Å². The zero-order valence-corrected chi connectivity index (χ0v) is 10.2. The van der Waals surface area contributed by atoms with Crippen molar-refractivity contribution in [1.82, 2.24) is 5.32 Å². The quantitative estimate of drug-likeness (QED) is 0.605. The smallest absolute Gasteiger partial charge is 0.224 e. The maximum absolute atomic E-state index is 11.5. The van der Waals surface area contributed by atoms with Gasteiger partial charge in [0.15, 0.2) is 0 Å². The van der Waals surface area contributed by atoms with Crippen molar-refractivity contribution in [3.05, 3.63) is 0 Å². The van der Waals surface area contributed by atoms with Crippen LogP contribution in [-0.4, -0.2) is 29.7 Å². The van der Waals surface area contributed by atoms with Gasteiger partial charge in [-0.25, -0.2) is 0 Å². The van der Waals surface area contributed by atoms with E-state index in [1.807, 2.05) is 13.8 Å². The Labute approximate surface area is 92.2 Å². The lowest BCUT2D eigenvalue weighted by Crippen LogP contribution is -2.42. The molecule has 0 aliphatic carbocycles. The summed E-state index contributed by atoms with van der Waals surface area (Å²) in [6.07, 6.45) is 0.430. The van der Waals surface area contributed by atoms with Gasteiger partial charge in [-0.1, -0.05) is 27.2 Å². The molecule has 90 valence electrons. The molecule has 0 rings (SSSR count). The molecule has 0 spiro atoms. The third kappa shape index (κ3) is 5.14. The first-order valence-corrected chi connectivity index (χ1v) is 5.61. The lowest BCUT2D eigenvalue weighted by atomic mass is 10.0. The van der Waals surface area contributed by atoms with E-state index in [4.69, 9.17) is 5.73 Å². The van der Waals surface area contributed by atoms with E-state index in [0.717, 1.165) is 6.42 Å². The Kier molecular flexibility index (Phi) is 6.52. The van der Waals surface area contributed by atoms with Crippen molar-refractivity contribution in [1.29, 1.82) is 0 Å². The number of nitrogens with one attached hydrogen (secondary N) is 1.